The van der Waals surface area contributed by atoms with Crippen LogP contribution in [0.25, 0.3) is 86.9 Å². The monoisotopic (exact) mass is 635 g/mol. The molecule has 0 bridgehead atoms. The van der Waals surface area contributed by atoms with Gasteiger partial charge in [0.05, 0.1) is 46.8 Å². The van der Waals surface area contributed by atoms with Crippen molar-refractivity contribution in [3.8, 4) is 39.7 Å². The molecule has 0 N–H and O–H groups in total. The Balaban J connectivity index is 1.16. The van der Waals surface area contributed by atoms with Crippen molar-refractivity contribution in [3.63, 3.8) is 0 Å². The summed E-state index contributed by atoms with van der Waals surface area (Å²) in [7, 11) is 0. The summed E-state index contributed by atoms with van der Waals surface area (Å²) < 4.78 is 4.48. The van der Waals surface area contributed by atoms with Gasteiger partial charge in [-0.05, 0) is 82.7 Å². The second-order valence-corrected chi connectivity index (χ2v) is 12.3. The number of fused-ring (bicyclic) bond motifs is 6. The van der Waals surface area contributed by atoms with Crippen molar-refractivity contribution >= 4 is 55.0 Å². The quantitative estimate of drug-likeness (QED) is 0.177. The van der Waals surface area contributed by atoms with Gasteiger partial charge in [0.15, 0.2) is 11.4 Å². The average molecular weight is 636 g/mol. The first-order valence-electron chi connectivity index (χ1n) is 16.2. The van der Waals surface area contributed by atoms with E-state index >= 15 is 0 Å². The van der Waals surface area contributed by atoms with Gasteiger partial charge >= 0.3 is 0 Å². The summed E-state index contributed by atoms with van der Waals surface area (Å²) in [6, 6.07) is 53.6. The maximum atomic E-state index is 9.60. The third-order valence-electron chi connectivity index (χ3n) is 9.57. The van der Waals surface area contributed by atoms with Crippen molar-refractivity contribution in [2.75, 3.05) is 0 Å². The number of hydrogen-bond donors (Lipinski definition) is 0. The Morgan fingerprint density at radius 1 is 0.460 bits per heavy atom. The summed E-state index contributed by atoms with van der Waals surface area (Å²) in [6.07, 6.45) is 0. The lowest BCUT2D eigenvalue weighted by molar-refractivity contribution is 1.18. The summed E-state index contributed by atoms with van der Waals surface area (Å²) in [5, 5.41) is 13.9. The first-order valence-corrected chi connectivity index (χ1v) is 16.2. The largest absolute Gasteiger partial charge is 0.310 e. The van der Waals surface area contributed by atoms with Gasteiger partial charge in [-0.25, -0.2) is 9.69 Å². The summed E-state index contributed by atoms with van der Waals surface area (Å²) in [5.74, 6) is 0. The van der Waals surface area contributed by atoms with E-state index in [-0.39, 0.29) is 0 Å². The molecule has 0 aliphatic heterocycles. The molecule has 0 fully saturated rings. The topological polar surface area (TPSA) is 42.4 Å². The van der Waals surface area contributed by atoms with Crippen LogP contribution in [0.4, 0.5) is 11.4 Å². The van der Waals surface area contributed by atoms with Gasteiger partial charge in [-0.1, -0.05) is 91.0 Å². The van der Waals surface area contributed by atoms with E-state index in [1.807, 2.05) is 48.5 Å². The van der Waals surface area contributed by atoms with Crippen molar-refractivity contribution in [1.82, 2.24) is 9.13 Å². The number of nitrogens with zero attached hydrogens (tertiary/aromatic N) is 5. The van der Waals surface area contributed by atoms with Crippen molar-refractivity contribution in [3.05, 3.63) is 180 Å². The van der Waals surface area contributed by atoms with Gasteiger partial charge in [-0.15, -0.1) is 0 Å². The zero-order valence-electron chi connectivity index (χ0n) is 26.7. The van der Waals surface area contributed by atoms with E-state index in [1.54, 1.807) is 0 Å². The molecule has 50 heavy (non-hydrogen) atoms. The molecule has 0 aliphatic rings. The zero-order chi connectivity index (χ0) is 33.8. The van der Waals surface area contributed by atoms with Crippen molar-refractivity contribution < 1.29 is 0 Å². The van der Waals surface area contributed by atoms with Gasteiger partial charge in [0, 0.05) is 33.1 Å². The van der Waals surface area contributed by atoms with Crippen molar-refractivity contribution in [2.45, 2.75) is 0 Å². The van der Waals surface area contributed by atoms with E-state index in [0.29, 0.717) is 16.9 Å². The molecule has 7 aromatic carbocycles. The average Bonchev–Trinajstić information content (AvgIpc) is 3.69. The molecule has 0 spiro atoms. The number of rotatable bonds is 4. The Kier molecular flexibility index (Phi) is 6.56. The highest BCUT2D eigenvalue weighted by atomic mass is 15.0. The van der Waals surface area contributed by atoms with Crippen LogP contribution in [0.1, 0.15) is 5.56 Å². The summed E-state index contributed by atoms with van der Waals surface area (Å²) in [6.45, 7) is 15.3. The molecule has 0 saturated heterocycles. The predicted octanol–water partition coefficient (Wildman–Crippen LogP) is 12.2. The molecule has 9 rings (SSSR count). The van der Waals surface area contributed by atoms with Crippen LogP contribution in [0.2, 0.25) is 0 Å². The molecule has 2 heterocycles. The Bertz CT molecular complexity index is 2830. The third-order valence-corrected chi connectivity index (χ3v) is 9.57. The highest BCUT2D eigenvalue weighted by Gasteiger charge is 2.17. The lowest BCUT2D eigenvalue weighted by Gasteiger charge is -2.15. The predicted molar refractivity (Wildman–Crippen MR) is 203 cm³/mol. The summed E-state index contributed by atoms with van der Waals surface area (Å²) in [4.78, 5) is 7.43. The molecule has 9 aromatic rings. The molecule has 2 aromatic heterocycles. The van der Waals surface area contributed by atoms with Gasteiger partial charge in [-0.2, -0.15) is 5.26 Å². The number of nitriles is 1. The Morgan fingerprint density at radius 3 is 1.76 bits per heavy atom. The van der Waals surface area contributed by atoms with Crippen LogP contribution >= 0.6 is 0 Å². The standard InChI is InChI=1S/C45H25N5/c1-47-33-20-23-44-40(26-33)39-24-29(28-46)14-22-43(39)49(44)35-9-7-8-32(25-35)30-15-17-31(18-16-30)36-21-19-34(48-2)27-45(36)50-41-12-5-3-10-37(41)38-11-4-6-13-42(38)50/h3-27H. The number of para-hydroxylation sites is 2. The number of aromatic nitrogens is 2. The first-order chi connectivity index (χ1) is 24.6. The minimum Gasteiger partial charge on any atom is -0.310 e. The molecule has 0 unspecified atom stereocenters. The van der Waals surface area contributed by atoms with Crippen molar-refractivity contribution in [2.24, 2.45) is 0 Å². The van der Waals surface area contributed by atoms with Crippen LogP contribution in [0.5, 0.6) is 0 Å². The van der Waals surface area contributed by atoms with E-state index in [9.17, 15) is 5.26 Å². The maximum Gasteiger partial charge on any atom is 0.189 e. The minimum atomic E-state index is 0.567. The lowest BCUT2D eigenvalue weighted by Crippen LogP contribution is -1.97. The maximum absolute atomic E-state index is 9.60. The fraction of sp³-hybridized carbons (Fsp3) is 0. The van der Waals surface area contributed by atoms with Crippen LogP contribution in [0, 0.1) is 24.5 Å². The Hall–Kier alpha value is -7.39. The molecular formula is C45H25N5. The van der Waals surface area contributed by atoms with Crippen LogP contribution in [-0.2, 0) is 0 Å². The SMILES string of the molecule is [C-]#[N+]c1ccc(-c2ccc(-c3cccc(-n4c5ccc(C#N)cc5c5cc([N+]#[C-])ccc54)c3)cc2)c(-n2c3ccccc3c3ccccc32)c1. The van der Waals surface area contributed by atoms with Crippen LogP contribution < -0.4 is 0 Å². The highest BCUT2D eigenvalue weighted by Crippen LogP contribution is 2.39. The van der Waals surface area contributed by atoms with Gasteiger partial charge in [0.2, 0.25) is 0 Å². The van der Waals surface area contributed by atoms with Crippen LogP contribution in [0.15, 0.2) is 152 Å². The zero-order valence-corrected chi connectivity index (χ0v) is 26.7. The molecule has 5 nitrogen and oxygen atoms in total. The van der Waals surface area contributed by atoms with E-state index in [4.69, 9.17) is 13.1 Å². The van der Waals surface area contributed by atoms with E-state index in [2.05, 4.69) is 128 Å². The fourth-order valence-corrected chi connectivity index (χ4v) is 7.30. The molecule has 0 saturated carbocycles. The highest BCUT2D eigenvalue weighted by molar-refractivity contribution is 6.11. The molecule has 0 radical (unpaired) electrons. The smallest absolute Gasteiger partial charge is 0.189 e. The van der Waals surface area contributed by atoms with Crippen LogP contribution in [0.3, 0.4) is 0 Å². The van der Waals surface area contributed by atoms with Gasteiger partial charge in [-0.3, -0.25) is 0 Å². The molecule has 5 heteroatoms. The second kappa shape index (κ2) is 11.4. The Labute approximate surface area is 288 Å². The second-order valence-electron chi connectivity index (χ2n) is 12.3. The summed E-state index contributed by atoms with van der Waals surface area (Å²) >= 11 is 0. The molecule has 0 aliphatic carbocycles. The van der Waals surface area contributed by atoms with E-state index < -0.39 is 0 Å². The third kappa shape index (κ3) is 4.45. The number of hydrogen-bond acceptors (Lipinski definition) is 1. The molecule has 230 valence electrons. The van der Waals surface area contributed by atoms with Gasteiger partial charge in [0.25, 0.3) is 0 Å². The lowest BCUT2D eigenvalue weighted by atomic mass is 9.98. The molecular weight excluding hydrogens is 611 g/mol. The molecule has 0 atom stereocenters. The number of benzene rings is 7. The summed E-state index contributed by atoms with van der Waals surface area (Å²) in [5.41, 5.74) is 12.1. The normalized spacial score (nSPS) is 11.1. The van der Waals surface area contributed by atoms with E-state index in [0.717, 1.165) is 66.5 Å². The fourth-order valence-electron chi connectivity index (χ4n) is 7.30. The Morgan fingerprint density at radius 2 is 1.06 bits per heavy atom. The van der Waals surface area contributed by atoms with Crippen molar-refractivity contribution in [1.29, 1.82) is 5.26 Å². The van der Waals surface area contributed by atoms with Gasteiger partial charge < -0.3 is 9.13 Å². The molecule has 0 amide bonds. The van der Waals surface area contributed by atoms with Crippen LogP contribution in [-0.4, -0.2) is 9.13 Å². The minimum absolute atomic E-state index is 0.567. The van der Waals surface area contributed by atoms with Gasteiger partial charge in [0.1, 0.15) is 0 Å². The first kappa shape index (κ1) is 28.8. The van der Waals surface area contributed by atoms with E-state index in [1.165, 1.54) is 10.8 Å².